The number of anilines is 2. The maximum absolute atomic E-state index is 11.5. The van der Waals surface area contributed by atoms with Crippen LogP contribution in [0, 0.1) is 0 Å². The molecule has 0 fully saturated rings. The van der Waals surface area contributed by atoms with Crippen LogP contribution in [0.4, 0.5) is 11.5 Å². The number of carbonyl (C=O) groups excluding carboxylic acids is 1. The molecule has 152 valence electrons. The van der Waals surface area contributed by atoms with E-state index in [0.717, 1.165) is 16.9 Å². The van der Waals surface area contributed by atoms with Crippen LogP contribution in [0.25, 0.3) is 5.65 Å². The highest BCUT2D eigenvalue weighted by Gasteiger charge is 2.11. The Kier molecular flexibility index (Phi) is 5.21. The van der Waals surface area contributed by atoms with E-state index in [4.69, 9.17) is 20.2 Å². The number of methoxy groups -OCH3 is 2. The third kappa shape index (κ3) is 3.88. The van der Waals surface area contributed by atoms with Crippen molar-refractivity contribution in [3.63, 3.8) is 0 Å². The van der Waals surface area contributed by atoms with Gasteiger partial charge in [-0.15, -0.1) is 0 Å². The number of imidazole rings is 1. The van der Waals surface area contributed by atoms with E-state index >= 15 is 0 Å². The summed E-state index contributed by atoms with van der Waals surface area (Å²) < 4.78 is 12.6. The second-order valence-corrected chi connectivity index (χ2v) is 6.68. The summed E-state index contributed by atoms with van der Waals surface area (Å²) in [7, 11) is 3.19. The minimum absolute atomic E-state index is 0.453. The van der Waals surface area contributed by atoms with Crippen LogP contribution in [0.15, 0.2) is 61.1 Å². The first kappa shape index (κ1) is 19.3. The number of rotatable bonds is 7. The van der Waals surface area contributed by atoms with Gasteiger partial charge in [0, 0.05) is 42.3 Å². The molecule has 30 heavy (non-hydrogen) atoms. The summed E-state index contributed by atoms with van der Waals surface area (Å²) in [6, 6.07) is 12.8. The topological polar surface area (TPSA) is 104 Å². The molecule has 2 aromatic heterocycles. The van der Waals surface area contributed by atoms with Crippen LogP contribution in [0.1, 0.15) is 21.6 Å². The number of carbonyl (C=O) groups is 1. The van der Waals surface area contributed by atoms with Gasteiger partial charge in [-0.3, -0.25) is 4.79 Å². The van der Waals surface area contributed by atoms with Crippen LogP contribution in [0.5, 0.6) is 11.5 Å². The number of nitrogens with zero attached hydrogens (tertiary/aromatic N) is 3. The number of nitrogens with one attached hydrogen (secondary N) is 1. The monoisotopic (exact) mass is 403 g/mol. The Morgan fingerprint density at radius 3 is 2.73 bits per heavy atom. The van der Waals surface area contributed by atoms with Gasteiger partial charge in [0.2, 0.25) is 5.91 Å². The number of aromatic nitrogens is 3. The van der Waals surface area contributed by atoms with Gasteiger partial charge in [0.25, 0.3) is 0 Å². The Balaban J connectivity index is 1.68. The minimum Gasteiger partial charge on any atom is -0.493 e. The number of hydrogen-bond acceptors (Lipinski definition) is 6. The SMILES string of the molecule is COc1ccc(Nc2nc(Cc3cccc(C(N)=O)c3)cn3ccnc23)cc1OC. The molecule has 0 atom stereocenters. The summed E-state index contributed by atoms with van der Waals surface area (Å²) in [5, 5.41) is 3.31. The van der Waals surface area contributed by atoms with Gasteiger partial charge < -0.3 is 24.9 Å². The summed E-state index contributed by atoms with van der Waals surface area (Å²) in [5.74, 6) is 1.41. The molecule has 8 heteroatoms. The third-order valence-corrected chi connectivity index (χ3v) is 4.67. The first-order valence-electron chi connectivity index (χ1n) is 9.28. The predicted molar refractivity (Wildman–Crippen MR) is 114 cm³/mol. The lowest BCUT2D eigenvalue weighted by Crippen LogP contribution is -2.11. The van der Waals surface area contributed by atoms with Gasteiger partial charge in [-0.05, 0) is 29.8 Å². The Hall–Kier alpha value is -4.07. The zero-order chi connectivity index (χ0) is 21.1. The Morgan fingerprint density at radius 2 is 1.97 bits per heavy atom. The zero-order valence-electron chi connectivity index (χ0n) is 16.6. The second-order valence-electron chi connectivity index (χ2n) is 6.68. The van der Waals surface area contributed by atoms with Crippen molar-refractivity contribution >= 4 is 23.1 Å². The van der Waals surface area contributed by atoms with Gasteiger partial charge in [-0.2, -0.15) is 0 Å². The fourth-order valence-electron chi connectivity index (χ4n) is 3.25. The van der Waals surface area contributed by atoms with Crippen molar-refractivity contribution in [2.75, 3.05) is 19.5 Å². The Bertz CT molecular complexity index is 1220. The summed E-state index contributed by atoms with van der Waals surface area (Å²) in [6.45, 7) is 0. The molecule has 2 aromatic carbocycles. The molecule has 0 radical (unpaired) electrons. The van der Waals surface area contributed by atoms with Crippen LogP contribution >= 0.6 is 0 Å². The summed E-state index contributed by atoms with van der Waals surface area (Å²) in [6.07, 6.45) is 6.03. The Morgan fingerprint density at radius 1 is 1.13 bits per heavy atom. The van der Waals surface area contributed by atoms with Crippen LogP contribution in [-0.2, 0) is 6.42 Å². The van der Waals surface area contributed by atoms with Gasteiger partial charge >= 0.3 is 0 Å². The standard InChI is InChI=1S/C22H21N5O3/c1-29-18-7-6-16(12-19(18)30-2)25-21-22-24-8-9-27(22)13-17(26-21)11-14-4-3-5-15(10-14)20(23)28/h3-10,12-13H,11H2,1-2H3,(H2,23,28)(H,25,26). The van der Waals surface area contributed by atoms with E-state index in [1.807, 2.05) is 47.1 Å². The normalized spacial score (nSPS) is 10.7. The fourth-order valence-corrected chi connectivity index (χ4v) is 3.25. The van der Waals surface area contributed by atoms with Crippen molar-refractivity contribution in [1.82, 2.24) is 14.4 Å². The summed E-state index contributed by atoms with van der Waals surface area (Å²) >= 11 is 0. The third-order valence-electron chi connectivity index (χ3n) is 4.67. The minimum atomic E-state index is -0.453. The lowest BCUT2D eigenvalue weighted by atomic mass is 10.1. The zero-order valence-corrected chi connectivity index (χ0v) is 16.6. The highest BCUT2D eigenvalue weighted by molar-refractivity contribution is 5.92. The van der Waals surface area contributed by atoms with Crippen molar-refractivity contribution < 1.29 is 14.3 Å². The van der Waals surface area contributed by atoms with Crippen LogP contribution in [0.3, 0.4) is 0 Å². The molecule has 0 aliphatic carbocycles. The van der Waals surface area contributed by atoms with Gasteiger partial charge in [0.1, 0.15) is 0 Å². The maximum atomic E-state index is 11.5. The molecule has 3 N–H and O–H groups in total. The van der Waals surface area contributed by atoms with E-state index in [-0.39, 0.29) is 0 Å². The molecular formula is C22H21N5O3. The molecule has 1 amide bonds. The molecule has 0 aliphatic rings. The van der Waals surface area contributed by atoms with Crippen LogP contribution < -0.4 is 20.5 Å². The number of nitrogens with two attached hydrogens (primary N) is 1. The van der Waals surface area contributed by atoms with Crippen molar-refractivity contribution in [1.29, 1.82) is 0 Å². The van der Waals surface area contributed by atoms with E-state index in [9.17, 15) is 4.79 Å². The highest BCUT2D eigenvalue weighted by Crippen LogP contribution is 2.31. The molecule has 0 saturated carbocycles. The van der Waals surface area contributed by atoms with Crippen molar-refractivity contribution in [3.05, 3.63) is 77.9 Å². The van der Waals surface area contributed by atoms with Gasteiger partial charge in [-0.1, -0.05) is 12.1 Å². The van der Waals surface area contributed by atoms with Gasteiger partial charge in [0.05, 0.1) is 19.9 Å². The van der Waals surface area contributed by atoms with E-state index in [1.165, 1.54) is 0 Å². The second kappa shape index (κ2) is 8.12. The fraction of sp³-hybridized carbons (Fsp3) is 0.136. The van der Waals surface area contributed by atoms with Crippen LogP contribution in [0.2, 0.25) is 0 Å². The molecular weight excluding hydrogens is 382 g/mol. The lowest BCUT2D eigenvalue weighted by Gasteiger charge is -2.13. The van der Waals surface area contributed by atoms with E-state index in [1.54, 1.807) is 32.5 Å². The molecule has 8 nitrogen and oxygen atoms in total. The molecule has 4 aromatic rings. The first-order chi connectivity index (χ1) is 14.6. The number of fused-ring (bicyclic) bond motifs is 1. The Labute approximate surface area is 173 Å². The van der Waals surface area contributed by atoms with Crippen molar-refractivity contribution in [2.45, 2.75) is 6.42 Å². The highest BCUT2D eigenvalue weighted by atomic mass is 16.5. The molecule has 2 heterocycles. The molecule has 0 spiro atoms. The van der Waals surface area contributed by atoms with Crippen molar-refractivity contribution in [3.8, 4) is 11.5 Å². The number of primary amides is 1. The van der Waals surface area contributed by atoms with Crippen LogP contribution in [-0.4, -0.2) is 34.5 Å². The van der Waals surface area contributed by atoms with E-state index in [0.29, 0.717) is 34.9 Å². The molecule has 4 rings (SSSR count). The first-order valence-corrected chi connectivity index (χ1v) is 9.28. The molecule has 0 unspecified atom stereocenters. The number of ether oxygens (including phenoxy) is 2. The average Bonchev–Trinajstić information content (AvgIpc) is 3.22. The smallest absolute Gasteiger partial charge is 0.248 e. The van der Waals surface area contributed by atoms with Gasteiger partial charge in [0.15, 0.2) is 23.0 Å². The van der Waals surface area contributed by atoms with Crippen molar-refractivity contribution in [2.24, 2.45) is 5.73 Å². The molecule has 0 bridgehead atoms. The van der Waals surface area contributed by atoms with Gasteiger partial charge in [-0.25, -0.2) is 9.97 Å². The van der Waals surface area contributed by atoms with E-state index in [2.05, 4.69) is 10.3 Å². The lowest BCUT2D eigenvalue weighted by molar-refractivity contribution is 0.1000. The van der Waals surface area contributed by atoms with E-state index < -0.39 is 5.91 Å². The largest absolute Gasteiger partial charge is 0.493 e. The summed E-state index contributed by atoms with van der Waals surface area (Å²) in [4.78, 5) is 20.6. The molecule has 0 saturated heterocycles. The maximum Gasteiger partial charge on any atom is 0.248 e. The number of hydrogen-bond donors (Lipinski definition) is 2. The molecule has 0 aliphatic heterocycles. The number of amides is 1. The summed E-state index contributed by atoms with van der Waals surface area (Å²) in [5.41, 5.74) is 9.10. The predicted octanol–water partition coefficient (Wildman–Crippen LogP) is 3.18. The average molecular weight is 403 g/mol. The number of benzene rings is 2. The quantitative estimate of drug-likeness (QED) is 0.491.